The smallest absolute Gasteiger partial charge is 0.230 e. The molecular formula is C16H25NO3S. The maximum absolute atomic E-state index is 11.7. The molecule has 0 aliphatic rings. The number of carbonyl (C=O) groups excluding carboxylic acids is 1. The average Bonchev–Trinajstić information content (AvgIpc) is 2.49. The van der Waals surface area contributed by atoms with Gasteiger partial charge in [-0.15, -0.1) is 0 Å². The van der Waals surface area contributed by atoms with Crippen LogP contribution in [0.3, 0.4) is 0 Å². The molecule has 1 aromatic carbocycles. The summed E-state index contributed by atoms with van der Waals surface area (Å²) < 4.78 is 4.93. The van der Waals surface area contributed by atoms with Crippen LogP contribution < -0.4 is 5.32 Å². The van der Waals surface area contributed by atoms with Crippen LogP contribution in [0.25, 0.3) is 0 Å². The number of amides is 1. The molecule has 1 atom stereocenters. The molecule has 0 heterocycles. The predicted octanol–water partition coefficient (Wildman–Crippen LogP) is 1.87. The van der Waals surface area contributed by atoms with E-state index in [0.717, 1.165) is 12.2 Å². The van der Waals surface area contributed by atoms with Gasteiger partial charge in [0, 0.05) is 26.7 Å². The van der Waals surface area contributed by atoms with E-state index < -0.39 is 5.60 Å². The molecule has 1 rings (SSSR count). The van der Waals surface area contributed by atoms with E-state index >= 15 is 0 Å². The van der Waals surface area contributed by atoms with E-state index in [4.69, 9.17) is 4.74 Å². The summed E-state index contributed by atoms with van der Waals surface area (Å²) in [5.74, 6) is 1.30. The van der Waals surface area contributed by atoms with E-state index in [1.807, 2.05) is 18.2 Å². The van der Waals surface area contributed by atoms with Crippen molar-refractivity contribution in [3.8, 4) is 0 Å². The van der Waals surface area contributed by atoms with Gasteiger partial charge in [0.25, 0.3) is 0 Å². The quantitative estimate of drug-likeness (QED) is 0.648. The van der Waals surface area contributed by atoms with Gasteiger partial charge in [-0.05, 0) is 24.7 Å². The first-order chi connectivity index (χ1) is 10.0. The van der Waals surface area contributed by atoms with Gasteiger partial charge in [-0.2, -0.15) is 11.8 Å². The standard InChI is InChI=1S/C16H25NO3S/c1-16(19,9-10-20-2)13-17-15(18)12-21-11-8-14-6-4-3-5-7-14/h3-7,19H,8-13H2,1-2H3,(H,17,18). The highest BCUT2D eigenvalue weighted by molar-refractivity contribution is 7.99. The van der Waals surface area contributed by atoms with E-state index in [1.54, 1.807) is 25.8 Å². The number of thioether (sulfide) groups is 1. The minimum atomic E-state index is -0.916. The van der Waals surface area contributed by atoms with Crippen molar-refractivity contribution in [2.24, 2.45) is 0 Å². The van der Waals surface area contributed by atoms with Gasteiger partial charge in [-0.3, -0.25) is 4.79 Å². The molecule has 0 bridgehead atoms. The van der Waals surface area contributed by atoms with Crippen LogP contribution in [0.15, 0.2) is 30.3 Å². The lowest BCUT2D eigenvalue weighted by molar-refractivity contribution is -0.119. The number of nitrogens with one attached hydrogen (secondary N) is 1. The number of benzene rings is 1. The molecule has 0 aliphatic heterocycles. The molecule has 0 saturated carbocycles. The average molecular weight is 311 g/mol. The second kappa shape index (κ2) is 9.82. The van der Waals surface area contributed by atoms with Crippen LogP contribution in [-0.4, -0.2) is 48.4 Å². The molecule has 118 valence electrons. The first-order valence-electron chi connectivity index (χ1n) is 7.13. The maximum atomic E-state index is 11.7. The number of carbonyl (C=O) groups is 1. The Kier molecular flexibility index (Phi) is 8.42. The molecule has 0 radical (unpaired) electrons. The SMILES string of the molecule is COCCC(C)(O)CNC(=O)CSCCc1ccccc1. The number of aryl methyl sites for hydroxylation is 1. The Bertz CT molecular complexity index is 409. The van der Waals surface area contributed by atoms with Crippen molar-refractivity contribution >= 4 is 17.7 Å². The largest absolute Gasteiger partial charge is 0.388 e. The highest BCUT2D eigenvalue weighted by atomic mass is 32.2. The molecule has 0 aliphatic carbocycles. The van der Waals surface area contributed by atoms with Crippen molar-refractivity contribution in [1.29, 1.82) is 0 Å². The van der Waals surface area contributed by atoms with Gasteiger partial charge in [0.15, 0.2) is 0 Å². The normalized spacial score (nSPS) is 13.7. The number of methoxy groups -OCH3 is 1. The third-order valence-electron chi connectivity index (χ3n) is 3.12. The molecule has 1 unspecified atom stereocenters. The lowest BCUT2D eigenvalue weighted by Gasteiger charge is -2.23. The topological polar surface area (TPSA) is 58.6 Å². The number of rotatable bonds is 10. The first-order valence-corrected chi connectivity index (χ1v) is 8.29. The Hall–Kier alpha value is -1.04. The Morgan fingerprint density at radius 1 is 1.38 bits per heavy atom. The second-order valence-corrected chi connectivity index (χ2v) is 6.41. The Balaban J connectivity index is 2.11. The summed E-state index contributed by atoms with van der Waals surface area (Å²) in [5.41, 5.74) is 0.369. The Morgan fingerprint density at radius 3 is 2.76 bits per heavy atom. The van der Waals surface area contributed by atoms with Gasteiger partial charge < -0.3 is 15.2 Å². The minimum Gasteiger partial charge on any atom is -0.388 e. The van der Waals surface area contributed by atoms with Crippen LogP contribution in [0.2, 0.25) is 0 Å². The molecule has 0 aromatic heterocycles. The van der Waals surface area contributed by atoms with Crippen molar-refractivity contribution in [1.82, 2.24) is 5.32 Å². The highest BCUT2D eigenvalue weighted by Gasteiger charge is 2.20. The van der Waals surface area contributed by atoms with Gasteiger partial charge >= 0.3 is 0 Å². The van der Waals surface area contributed by atoms with Crippen molar-refractivity contribution in [2.75, 3.05) is 31.8 Å². The lowest BCUT2D eigenvalue weighted by Crippen LogP contribution is -2.42. The van der Waals surface area contributed by atoms with Crippen molar-refractivity contribution in [3.63, 3.8) is 0 Å². The number of hydrogen-bond acceptors (Lipinski definition) is 4. The zero-order chi connectivity index (χ0) is 15.6. The van der Waals surface area contributed by atoms with Crippen molar-refractivity contribution in [2.45, 2.75) is 25.4 Å². The Morgan fingerprint density at radius 2 is 2.10 bits per heavy atom. The van der Waals surface area contributed by atoms with Gasteiger partial charge in [-0.1, -0.05) is 30.3 Å². The van der Waals surface area contributed by atoms with E-state index in [-0.39, 0.29) is 12.5 Å². The highest BCUT2D eigenvalue weighted by Crippen LogP contribution is 2.09. The monoisotopic (exact) mass is 311 g/mol. The van der Waals surface area contributed by atoms with Crippen LogP contribution >= 0.6 is 11.8 Å². The summed E-state index contributed by atoms with van der Waals surface area (Å²) in [7, 11) is 1.60. The summed E-state index contributed by atoms with van der Waals surface area (Å²) in [6.07, 6.45) is 1.47. The summed E-state index contributed by atoms with van der Waals surface area (Å²) in [5, 5.41) is 12.8. The summed E-state index contributed by atoms with van der Waals surface area (Å²) in [6.45, 7) is 2.44. The molecule has 1 aromatic rings. The van der Waals surface area contributed by atoms with E-state index in [0.29, 0.717) is 18.8 Å². The number of hydrogen-bond donors (Lipinski definition) is 2. The fourth-order valence-electron chi connectivity index (χ4n) is 1.75. The molecule has 0 fully saturated rings. The van der Waals surface area contributed by atoms with Crippen LogP contribution in [0.1, 0.15) is 18.9 Å². The van der Waals surface area contributed by atoms with Crippen LogP contribution in [-0.2, 0) is 16.0 Å². The molecule has 0 spiro atoms. The van der Waals surface area contributed by atoms with E-state index in [9.17, 15) is 9.90 Å². The molecule has 21 heavy (non-hydrogen) atoms. The number of ether oxygens (including phenoxy) is 1. The molecule has 2 N–H and O–H groups in total. The van der Waals surface area contributed by atoms with Gasteiger partial charge in [0.1, 0.15) is 0 Å². The summed E-state index contributed by atoms with van der Waals surface area (Å²) >= 11 is 1.61. The van der Waals surface area contributed by atoms with E-state index in [2.05, 4.69) is 17.4 Å². The molecule has 1 amide bonds. The minimum absolute atomic E-state index is 0.0363. The maximum Gasteiger partial charge on any atom is 0.230 e. The predicted molar refractivity (Wildman–Crippen MR) is 87.6 cm³/mol. The van der Waals surface area contributed by atoms with Gasteiger partial charge in [-0.25, -0.2) is 0 Å². The molecule has 4 nitrogen and oxygen atoms in total. The lowest BCUT2D eigenvalue weighted by atomic mass is 10.0. The fraction of sp³-hybridized carbons (Fsp3) is 0.562. The Labute approximate surface area is 131 Å². The molecule has 0 saturated heterocycles. The first kappa shape index (κ1) is 18.0. The van der Waals surface area contributed by atoms with Crippen LogP contribution in [0.4, 0.5) is 0 Å². The summed E-state index contributed by atoms with van der Waals surface area (Å²) in [4.78, 5) is 11.7. The van der Waals surface area contributed by atoms with Crippen LogP contribution in [0.5, 0.6) is 0 Å². The fourth-order valence-corrected chi connectivity index (χ4v) is 2.56. The van der Waals surface area contributed by atoms with Crippen molar-refractivity contribution in [3.05, 3.63) is 35.9 Å². The van der Waals surface area contributed by atoms with E-state index in [1.165, 1.54) is 5.56 Å². The second-order valence-electron chi connectivity index (χ2n) is 5.30. The molecule has 5 heteroatoms. The third kappa shape index (κ3) is 8.75. The molecular weight excluding hydrogens is 286 g/mol. The van der Waals surface area contributed by atoms with Gasteiger partial charge in [0.2, 0.25) is 5.91 Å². The summed E-state index contributed by atoms with van der Waals surface area (Å²) in [6, 6.07) is 10.2. The van der Waals surface area contributed by atoms with Gasteiger partial charge in [0.05, 0.1) is 11.4 Å². The zero-order valence-electron chi connectivity index (χ0n) is 12.8. The third-order valence-corrected chi connectivity index (χ3v) is 4.08. The van der Waals surface area contributed by atoms with Crippen LogP contribution in [0, 0.1) is 0 Å². The zero-order valence-corrected chi connectivity index (χ0v) is 13.6. The number of aliphatic hydroxyl groups is 1. The van der Waals surface area contributed by atoms with Crippen molar-refractivity contribution < 1.29 is 14.6 Å².